The summed E-state index contributed by atoms with van der Waals surface area (Å²) in [6, 6.07) is 33.9. The summed E-state index contributed by atoms with van der Waals surface area (Å²) in [5, 5.41) is 3.27. The molecule has 0 radical (unpaired) electrons. The second kappa shape index (κ2) is 17.3. The normalized spacial score (nSPS) is 16.6. The number of aryl methyl sites for hydroxylation is 2. The number of hydrogen-bond donors (Lipinski definition) is 1. The fraction of sp³-hybridized carbons (Fsp3) is 0.359. The molecule has 0 spiro atoms. The lowest BCUT2D eigenvalue weighted by Crippen LogP contribution is -2.48. The maximum Gasteiger partial charge on any atom is 0.244 e. The predicted molar refractivity (Wildman–Crippen MR) is 188 cm³/mol. The van der Waals surface area contributed by atoms with Crippen LogP contribution in [0.3, 0.4) is 0 Å². The van der Waals surface area contributed by atoms with Gasteiger partial charge in [0.1, 0.15) is 6.04 Å². The number of methoxy groups -OCH3 is 2. The van der Waals surface area contributed by atoms with E-state index in [-0.39, 0.29) is 29.8 Å². The van der Waals surface area contributed by atoms with Gasteiger partial charge in [0.25, 0.3) is 0 Å². The Morgan fingerprint density at radius 2 is 1.31 bits per heavy atom. The minimum Gasteiger partial charge on any atom is -0.493 e. The van der Waals surface area contributed by atoms with Gasteiger partial charge in [-0.3, -0.25) is 4.79 Å². The summed E-state index contributed by atoms with van der Waals surface area (Å²) < 4.78 is 46.6. The van der Waals surface area contributed by atoms with E-state index < -0.39 is 22.2 Å². The molecule has 1 fully saturated rings. The number of nitrogens with zero attached hydrogens (tertiary/aromatic N) is 1. The number of nitrogens with one attached hydrogen (secondary N) is 1. The van der Waals surface area contributed by atoms with E-state index in [1.54, 1.807) is 6.07 Å². The first kappa shape index (κ1) is 35.1. The number of hydrogen-bond acceptors (Lipinski definition) is 6. The van der Waals surface area contributed by atoms with E-state index in [1.807, 2.05) is 66.7 Å². The van der Waals surface area contributed by atoms with Gasteiger partial charge in [-0.2, -0.15) is 4.31 Å². The maximum absolute atomic E-state index is 14.2. The van der Waals surface area contributed by atoms with Crippen molar-refractivity contribution in [2.45, 2.75) is 74.6 Å². The van der Waals surface area contributed by atoms with Crippen LogP contribution in [0.5, 0.6) is 11.5 Å². The van der Waals surface area contributed by atoms with Gasteiger partial charge in [0, 0.05) is 25.1 Å². The van der Waals surface area contributed by atoms with Crippen LogP contribution in [0.2, 0.25) is 0 Å². The molecule has 1 heterocycles. The first-order chi connectivity index (χ1) is 23.4. The van der Waals surface area contributed by atoms with Crippen LogP contribution in [0.15, 0.2) is 114 Å². The number of ether oxygens (including phenoxy) is 3. The third-order valence-electron chi connectivity index (χ3n) is 8.88. The van der Waals surface area contributed by atoms with Gasteiger partial charge < -0.3 is 19.5 Å². The topological polar surface area (TPSA) is 94.2 Å². The second-order valence-corrected chi connectivity index (χ2v) is 14.1. The van der Waals surface area contributed by atoms with Crippen LogP contribution in [0.25, 0.3) is 0 Å². The molecular formula is C39H46N2O6S. The number of sulfonamides is 1. The fourth-order valence-electron chi connectivity index (χ4n) is 6.27. The Labute approximate surface area is 285 Å². The highest BCUT2D eigenvalue weighted by atomic mass is 32.2. The summed E-state index contributed by atoms with van der Waals surface area (Å²) in [5.74, 6) is 0.423. The molecule has 0 bridgehead atoms. The third kappa shape index (κ3) is 9.46. The van der Waals surface area contributed by atoms with E-state index in [9.17, 15) is 13.2 Å². The number of benzene rings is 4. The average Bonchev–Trinajstić information content (AvgIpc) is 3.57. The van der Waals surface area contributed by atoms with Gasteiger partial charge in [-0.15, -0.1) is 0 Å². The van der Waals surface area contributed by atoms with Crippen LogP contribution in [0.4, 0.5) is 0 Å². The predicted octanol–water partition coefficient (Wildman–Crippen LogP) is 6.58. The van der Waals surface area contributed by atoms with Crippen LogP contribution in [-0.2, 0) is 39.0 Å². The Kier molecular flexibility index (Phi) is 12.7. The average molecular weight is 671 g/mol. The lowest BCUT2D eigenvalue weighted by atomic mass is 9.98. The highest BCUT2D eigenvalue weighted by Crippen LogP contribution is 2.34. The highest BCUT2D eigenvalue weighted by Gasteiger charge is 2.45. The SMILES string of the molecule is COc1ccc(S(=O)(=O)N2CC(OCc3ccccc3)C[C@H]2C(=O)NC(CCCc2ccccc2)CCCc2ccccc2)cc1OC. The molecule has 0 aliphatic carbocycles. The van der Waals surface area contributed by atoms with Crippen molar-refractivity contribution in [1.29, 1.82) is 0 Å². The summed E-state index contributed by atoms with van der Waals surface area (Å²) in [7, 11) is -1.13. The van der Waals surface area contributed by atoms with Crippen molar-refractivity contribution in [2.24, 2.45) is 0 Å². The largest absolute Gasteiger partial charge is 0.493 e. The Hall–Kier alpha value is -4.18. The summed E-state index contributed by atoms with van der Waals surface area (Å²) >= 11 is 0. The molecule has 1 N–H and O–H groups in total. The van der Waals surface area contributed by atoms with E-state index in [4.69, 9.17) is 14.2 Å². The molecule has 5 rings (SSSR count). The van der Waals surface area contributed by atoms with Gasteiger partial charge in [-0.25, -0.2) is 8.42 Å². The molecule has 4 aromatic carbocycles. The molecule has 1 aliphatic rings. The van der Waals surface area contributed by atoms with Crippen molar-refractivity contribution < 1.29 is 27.4 Å². The number of rotatable bonds is 17. The van der Waals surface area contributed by atoms with Gasteiger partial charge in [-0.1, -0.05) is 91.0 Å². The van der Waals surface area contributed by atoms with E-state index in [0.717, 1.165) is 44.1 Å². The van der Waals surface area contributed by atoms with Crippen molar-refractivity contribution in [3.05, 3.63) is 126 Å². The minimum atomic E-state index is -4.09. The smallest absolute Gasteiger partial charge is 0.244 e. The molecule has 1 aliphatic heterocycles. The third-order valence-corrected chi connectivity index (χ3v) is 10.7. The van der Waals surface area contributed by atoms with E-state index in [1.165, 1.54) is 41.8 Å². The lowest BCUT2D eigenvalue weighted by molar-refractivity contribution is -0.125. The van der Waals surface area contributed by atoms with E-state index >= 15 is 0 Å². The molecule has 0 aromatic heterocycles. The zero-order valence-electron chi connectivity index (χ0n) is 27.8. The zero-order chi connectivity index (χ0) is 33.8. The van der Waals surface area contributed by atoms with Crippen LogP contribution < -0.4 is 14.8 Å². The molecule has 0 saturated carbocycles. The van der Waals surface area contributed by atoms with Crippen molar-refractivity contribution >= 4 is 15.9 Å². The molecule has 1 saturated heterocycles. The summed E-state index contributed by atoms with van der Waals surface area (Å²) in [6.45, 7) is 0.389. The van der Waals surface area contributed by atoms with Gasteiger partial charge in [0.05, 0.1) is 31.8 Å². The monoisotopic (exact) mass is 670 g/mol. The highest BCUT2D eigenvalue weighted by molar-refractivity contribution is 7.89. The maximum atomic E-state index is 14.2. The van der Waals surface area contributed by atoms with Gasteiger partial charge in [0.2, 0.25) is 15.9 Å². The Morgan fingerprint density at radius 1 is 0.771 bits per heavy atom. The molecule has 8 nitrogen and oxygen atoms in total. The Bertz CT molecular complexity index is 1640. The van der Waals surface area contributed by atoms with Crippen molar-refractivity contribution in [1.82, 2.24) is 9.62 Å². The van der Waals surface area contributed by atoms with Crippen LogP contribution >= 0.6 is 0 Å². The van der Waals surface area contributed by atoms with Crippen LogP contribution in [0.1, 0.15) is 48.8 Å². The quantitative estimate of drug-likeness (QED) is 0.136. The molecule has 2 atom stereocenters. The molecular weight excluding hydrogens is 625 g/mol. The molecule has 254 valence electrons. The van der Waals surface area contributed by atoms with Gasteiger partial charge in [0.15, 0.2) is 11.5 Å². The minimum absolute atomic E-state index is 0.0314. The van der Waals surface area contributed by atoms with Crippen molar-refractivity contribution in [3.8, 4) is 11.5 Å². The number of amides is 1. The standard InChI is InChI=1S/C39H46N2O6S/c1-45-37-25-24-35(27-38(37)46-2)48(43,44)41-28-34(47-29-32-18-10-5-11-19-32)26-36(41)39(42)40-33(22-12-20-30-14-6-3-7-15-30)23-13-21-31-16-8-4-9-17-31/h3-11,14-19,24-25,27,33-34,36H,12-13,20-23,26,28-29H2,1-2H3,(H,40,42)/t34?,36-/m0/s1. The van der Waals surface area contributed by atoms with E-state index in [0.29, 0.717) is 18.1 Å². The fourth-order valence-corrected chi connectivity index (χ4v) is 7.92. The first-order valence-electron chi connectivity index (χ1n) is 16.6. The molecule has 1 unspecified atom stereocenters. The molecule has 1 amide bonds. The summed E-state index contributed by atoms with van der Waals surface area (Å²) in [4.78, 5) is 14.2. The Balaban J connectivity index is 1.34. The Morgan fingerprint density at radius 3 is 1.85 bits per heavy atom. The van der Waals surface area contributed by atoms with Crippen LogP contribution in [0, 0.1) is 0 Å². The summed E-state index contributed by atoms with van der Waals surface area (Å²) in [5.41, 5.74) is 3.50. The number of carbonyl (C=O) groups excluding carboxylic acids is 1. The molecule has 9 heteroatoms. The van der Waals surface area contributed by atoms with Crippen LogP contribution in [-0.4, -0.2) is 57.6 Å². The zero-order valence-corrected chi connectivity index (χ0v) is 28.6. The van der Waals surface area contributed by atoms with Crippen molar-refractivity contribution in [3.63, 3.8) is 0 Å². The van der Waals surface area contributed by atoms with Crippen molar-refractivity contribution in [2.75, 3.05) is 20.8 Å². The first-order valence-corrected chi connectivity index (χ1v) is 18.1. The second-order valence-electron chi connectivity index (χ2n) is 12.2. The summed E-state index contributed by atoms with van der Waals surface area (Å²) in [6.07, 6.45) is 5.01. The molecule has 4 aromatic rings. The van der Waals surface area contributed by atoms with Gasteiger partial charge in [-0.05, 0) is 67.3 Å². The van der Waals surface area contributed by atoms with Gasteiger partial charge >= 0.3 is 0 Å². The number of carbonyl (C=O) groups is 1. The molecule has 48 heavy (non-hydrogen) atoms. The van der Waals surface area contributed by atoms with E-state index in [2.05, 4.69) is 29.6 Å². The lowest BCUT2D eigenvalue weighted by Gasteiger charge is -2.26.